The lowest BCUT2D eigenvalue weighted by Gasteiger charge is -2.10. The fourth-order valence-corrected chi connectivity index (χ4v) is 9.29. The summed E-state index contributed by atoms with van der Waals surface area (Å²) in [4.78, 5) is 8.84. The van der Waals surface area contributed by atoms with Crippen molar-refractivity contribution in [1.82, 2.24) is 19.1 Å². The van der Waals surface area contributed by atoms with Crippen molar-refractivity contribution >= 4 is 43.6 Å². The Bertz CT molecular complexity index is 3370. The van der Waals surface area contributed by atoms with Gasteiger partial charge < -0.3 is 14.1 Å². The highest BCUT2D eigenvalue weighted by molar-refractivity contribution is 6.10. The predicted octanol–water partition coefficient (Wildman–Crippen LogP) is 14.8. The van der Waals surface area contributed by atoms with Crippen LogP contribution in [0.3, 0.4) is 0 Å². The number of para-hydroxylation sites is 4. The summed E-state index contributed by atoms with van der Waals surface area (Å²) in [5.74, 6) is 0.749. The predicted molar refractivity (Wildman–Crippen MR) is 259 cm³/mol. The molecule has 294 valence electrons. The molecule has 0 aliphatic carbocycles. The van der Waals surface area contributed by atoms with E-state index in [1.54, 1.807) is 0 Å². The molecule has 0 radical (unpaired) electrons. The fraction of sp³-hybridized carbons (Fsp3) is 0. The quantitative estimate of drug-likeness (QED) is 0.174. The summed E-state index contributed by atoms with van der Waals surface area (Å²) in [5.41, 5.74) is 17.0. The van der Waals surface area contributed by atoms with Gasteiger partial charge in [0.25, 0.3) is 0 Å². The van der Waals surface area contributed by atoms with Crippen LogP contribution in [-0.4, -0.2) is 19.1 Å². The lowest BCUT2D eigenvalue weighted by Crippen LogP contribution is -1.93. The van der Waals surface area contributed by atoms with Gasteiger partial charge in [0.15, 0.2) is 0 Å². The third-order valence-electron chi connectivity index (χ3n) is 12.4. The Kier molecular flexibility index (Phi) is 8.48. The van der Waals surface area contributed by atoms with Crippen LogP contribution in [0.4, 0.5) is 0 Å². The number of nitriles is 1. The summed E-state index contributed by atoms with van der Waals surface area (Å²) in [7, 11) is 0. The van der Waals surface area contributed by atoms with Crippen LogP contribution in [0, 0.1) is 11.3 Å². The number of hydrogen-bond donors (Lipinski definition) is 1. The molecule has 5 heteroatoms. The van der Waals surface area contributed by atoms with Crippen molar-refractivity contribution in [2.24, 2.45) is 0 Å². The van der Waals surface area contributed by atoms with E-state index in [2.05, 4.69) is 214 Å². The van der Waals surface area contributed by atoms with Gasteiger partial charge in [-0.25, -0.2) is 4.98 Å². The minimum absolute atomic E-state index is 0.614. The summed E-state index contributed by atoms with van der Waals surface area (Å²) in [5, 5.41) is 14.5. The molecule has 0 atom stereocenters. The summed E-state index contributed by atoms with van der Waals surface area (Å²) < 4.78 is 4.69. The first-order valence-corrected chi connectivity index (χ1v) is 21.2. The Hall–Kier alpha value is -8.72. The molecule has 1 N–H and O–H groups in total. The van der Waals surface area contributed by atoms with Gasteiger partial charge in [0.05, 0.1) is 45.1 Å². The van der Waals surface area contributed by atoms with E-state index in [0.717, 1.165) is 67.5 Å². The number of hydrogen-bond acceptors (Lipinski definition) is 2. The average molecular weight is 804 g/mol. The number of fused-ring (bicyclic) bond motifs is 6. The van der Waals surface area contributed by atoms with E-state index in [9.17, 15) is 5.26 Å². The molecule has 0 aliphatic heterocycles. The molecule has 0 unspecified atom stereocenters. The maximum absolute atomic E-state index is 9.44. The van der Waals surface area contributed by atoms with Gasteiger partial charge in [0, 0.05) is 49.6 Å². The van der Waals surface area contributed by atoms with Crippen LogP contribution >= 0.6 is 0 Å². The normalized spacial score (nSPS) is 11.5. The average Bonchev–Trinajstić information content (AvgIpc) is 4.06. The van der Waals surface area contributed by atoms with Crippen molar-refractivity contribution in [3.63, 3.8) is 0 Å². The molecular weight excluding hydrogens is 767 g/mol. The zero-order valence-electron chi connectivity index (χ0n) is 34.1. The monoisotopic (exact) mass is 803 g/mol. The number of aromatic amines is 1. The first kappa shape index (κ1) is 36.2. The van der Waals surface area contributed by atoms with E-state index >= 15 is 0 Å². The van der Waals surface area contributed by atoms with Crippen molar-refractivity contribution in [3.8, 4) is 73.6 Å². The van der Waals surface area contributed by atoms with Crippen molar-refractivity contribution in [1.29, 1.82) is 5.26 Å². The molecule has 0 amide bonds. The lowest BCUT2D eigenvalue weighted by atomic mass is 9.99. The molecule has 0 bridgehead atoms. The SMILES string of the molecule is N#Cc1ccc(-c2nc(-c3ccc(-c4ccc(-n5c6ccccc6c6ccccc65)cc4)cc3)c(-c3ccc(-c4ccc(-n5c6ccccc6c6ccccc65)cc4)cc3)[nH]2)cc1. The van der Waals surface area contributed by atoms with E-state index in [1.165, 1.54) is 43.6 Å². The number of aromatic nitrogens is 4. The molecule has 5 nitrogen and oxygen atoms in total. The van der Waals surface area contributed by atoms with Gasteiger partial charge in [-0.2, -0.15) is 5.26 Å². The lowest BCUT2D eigenvalue weighted by molar-refractivity contribution is 1.18. The number of H-pyrrole nitrogens is 1. The summed E-state index contributed by atoms with van der Waals surface area (Å²) in [6.07, 6.45) is 0. The number of imidazole rings is 1. The van der Waals surface area contributed by atoms with E-state index in [-0.39, 0.29) is 0 Å². The molecule has 9 aromatic carbocycles. The Labute approximate surface area is 364 Å². The highest BCUT2D eigenvalue weighted by atomic mass is 15.0. The topological polar surface area (TPSA) is 62.3 Å². The molecule has 0 saturated carbocycles. The van der Waals surface area contributed by atoms with E-state index in [0.29, 0.717) is 5.56 Å². The zero-order chi connectivity index (χ0) is 41.9. The number of rotatable bonds is 7. The Morgan fingerprint density at radius 2 is 0.683 bits per heavy atom. The Morgan fingerprint density at radius 3 is 1.08 bits per heavy atom. The maximum Gasteiger partial charge on any atom is 0.138 e. The molecule has 3 aromatic heterocycles. The van der Waals surface area contributed by atoms with Gasteiger partial charge >= 0.3 is 0 Å². The molecule has 0 spiro atoms. The van der Waals surface area contributed by atoms with Gasteiger partial charge in [-0.15, -0.1) is 0 Å². The molecule has 12 aromatic rings. The molecular formula is C58H37N5. The third-order valence-corrected chi connectivity index (χ3v) is 12.4. The Balaban J connectivity index is 0.862. The molecule has 12 rings (SSSR count). The molecule has 3 heterocycles. The maximum atomic E-state index is 9.44. The highest BCUT2D eigenvalue weighted by Gasteiger charge is 2.18. The van der Waals surface area contributed by atoms with Crippen molar-refractivity contribution < 1.29 is 0 Å². The number of nitrogens with one attached hydrogen (secondary N) is 1. The van der Waals surface area contributed by atoms with Crippen LogP contribution in [0.1, 0.15) is 5.56 Å². The molecule has 0 aliphatic rings. The molecule has 0 fully saturated rings. The van der Waals surface area contributed by atoms with Crippen LogP contribution in [0.2, 0.25) is 0 Å². The molecule has 0 saturated heterocycles. The number of benzene rings is 9. The largest absolute Gasteiger partial charge is 0.337 e. The summed E-state index contributed by atoms with van der Waals surface area (Å²) >= 11 is 0. The van der Waals surface area contributed by atoms with Crippen molar-refractivity contribution in [2.75, 3.05) is 0 Å². The minimum atomic E-state index is 0.614. The number of nitrogens with zero attached hydrogens (tertiary/aromatic N) is 4. The first-order valence-electron chi connectivity index (χ1n) is 21.2. The van der Waals surface area contributed by atoms with Gasteiger partial charge in [0.2, 0.25) is 0 Å². The first-order chi connectivity index (χ1) is 31.2. The van der Waals surface area contributed by atoms with E-state index < -0.39 is 0 Å². The second kappa shape index (κ2) is 14.8. The van der Waals surface area contributed by atoms with Crippen LogP contribution in [0.25, 0.3) is 111 Å². The second-order valence-electron chi connectivity index (χ2n) is 16.0. The van der Waals surface area contributed by atoms with Crippen LogP contribution in [0.15, 0.2) is 218 Å². The fourth-order valence-electron chi connectivity index (χ4n) is 9.29. The zero-order valence-corrected chi connectivity index (χ0v) is 34.1. The van der Waals surface area contributed by atoms with Gasteiger partial charge in [0.1, 0.15) is 5.82 Å². The summed E-state index contributed by atoms with van der Waals surface area (Å²) in [6, 6.07) is 79.3. The highest BCUT2D eigenvalue weighted by Crippen LogP contribution is 2.38. The second-order valence-corrected chi connectivity index (χ2v) is 16.0. The van der Waals surface area contributed by atoms with Gasteiger partial charge in [-0.1, -0.05) is 146 Å². The van der Waals surface area contributed by atoms with E-state index in [1.807, 2.05) is 24.3 Å². The van der Waals surface area contributed by atoms with Gasteiger partial charge in [-0.3, -0.25) is 0 Å². The van der Waals surface area contributed by atoms with Gasteiger partial charge in [-0.05, 0) is 95.1 Å². The Morgan fingerprint density at radius 1 is 0.349 bits per heavy atom. The van der Waals surface area contributed by atoms with Crippen molar-refractivity contribution in [3.05, 3.63) is 224 Å². The standard InChI is InChI=1S/C58H37N5/c59-37-38-17-19-45(20-18-38)58-60-56(43-25-21-39(22-26-43)41-29-33-46(34-30-41)62-52-13-5-1-9-48(52)49-10-2-6-14-53(49)62)57(61-58)44-27-23-40(24-28-44)42-31-35-47(36-32-42)63-54-15-7-3-11-50(54)51-12-4-8-16-55(51)63/h1-36H,(H,60,61). The smallest absolute Gasteiger partial charge is 0.138 e. The molecule has 63 heavy (non-hydrogen) atoms. The van der Waals surface area contributed by atoms with Crippen LogP contribution < -0.4 is 0 Å². The van der Waals surface area contributed by atoms with Crippen LogP contribution in [0.5, 0.6) is 0 Å². The van der Waals surface area contributed by atoms with E-state index in [4.69, 9.17) is 4.98 Å². The third kappa shape index (κ3) is 6.12. The van der Waals surface area contributed by atoms with Crippen molar-refractivity contribution in [2.45, 2.75) is 0 Å². The van der Waals surface area contributed by atoms with Crippen LogP contribution in [-0.2, 0) is 0 Å². The minimum Gasteiger partial charge on any atom is -0.337 e. The summed E-state index contributed by atoms with van der Waals surface area (Å²) in [6.45, 7) is 0.